The summed E-state index contributed by atoms with van der Waals surface area (Å²) in [7, 11) is 6.21. The van der Waals surface area contributed by atoms with E-state index in [0.29, 0.717) is 23.7 Å². The average molecular weight is 540 g/mol. The number of hydrogen-bond acceptors (Lipinski definition) is 4. The smallest absolute Gasteiger partial charge is 0.335 e. The first kappa shape index (κ1) is 33.0. The van der Waals surface area contributed by atoms with Crippen LogP contribution in [0.1, 0.15) is 57.5 Å². The second-order valence-electron chi connectivity index (χ2n) is 10.2. The number of carboxylic acids is 1. The highest BCUT2D eigenvalue weighted by Gasteiger charge is 2.07. The van der Waals surface area contributed by atoms with Gasteiger partial charge in [0.2, 0.25) is 0 Å². The number of aromatic carboxylic acids is 1. The Labute approximate surface area is 235 Å². The molecule has 0 radical (unpaired) electrons. The number of nitrogens with zero attached hydrogens (tertiary/aromatic N) is 3. The molecule has 0 aromatic heterocycles. The molecular formula is C32H46ClN3O2. The lowest BCUT2D eigenvalue weighted by atomic mass is 10.2. The molecule has 0 saturated heterocycles. The summed E-state index contributed by atoms with van der Waals surface area (Å²) in [6.07, 6.45) is 0. The number of hydrogen-bond donors (Lipinski definition) is 1. The van der Waals surface area contributed by atoms with Crippen molar-refractivity contribution in [1.29, 1.82) is 0 Å². The molecule has 6 heteroatoms. The standard InChI is InChI=1S/C11H15NO2.C11H17N.C10H14ClN/c1-8(2)12(3)10-6-4-9(5-7-10)11(13)14;1-10(2)12(3)9-11-7-5-4-6-8-11;1-8(2)12(3)10-6-4-9(11)5-7-10/h4-8H,1-3H3,(H,13,14);4-8,10H,9H2,1-3H3;4-8H,1-3H3. The maximum absolute atomic E-state index is 10.6. The normalized spacial score (nSPS) is 10.6. The van der Waals surface area contributed by atoms with E-state index in [9.17, 15) is 4.79 Å². The number of carboxylic acid groups (broad SMARTS) is 1. The number of benzene rings is 3. The molecule has 3 aromatic rings. The third kappa shape index (κ3) is 12.0. The van der Waals surface area contributed by atoms with Crippen molar-refractivity contribution in [1.82, 2.24) is 4.90 Å². The monoisotopic (exact) mass is 539 g/mol. The molecule has 0 spiro atoms. The van der Waals surface area contributed by atoms with Crippen LogP contribution >= 0.6 is 11.6 Å². The van der Waals surface area contributed by atoms with Gasteiger partial charge in [0.1, 0.15) is 0 Å². The summed E-state index contributed by atoms with van der Waals surface area (Å²) in [6, 6.07) is 26.9. The van der Waals surface area contributed by atoms with E-state index >= 15 is 0 Å². The Balaban J connectivity index is 0.000000286. The Morgan fingerprint density at radius 3 is 1.47 bits per heavy atom. The van der Waals surface area contributed by atoms with Gasteiger partial charge in [0.15, 0.2) is 0 Å². The molecule has 0 amide bonds. The fourth-order valence-electron chi connectivity index (χ4n) is 3.17. The second-order valence-corrected chi connectivity index (χ2v) is 10.7. The molecule has 38 heavy (non-hydrogen) atoms. The topological polar surface area (TPSA) is 47.0 Å². The van der Waals surface area contributed by atoms with Crippen LogP contribution in [-0.2, 0) is 6.54 Å². The molecule has 0 unspecified atom stereocenters. The van der Waals surface area contributed by atoms with E-state index < -0.39 is 5.97 Å². The van der Waals surface area contributed by atoms with Crippen molar-refractivity contribution < 1.29 is 9.90 Å². The first-order chi connectivity index (χ1) is 17.8. The van der Waals surface area contributed by atoms with Crippen molar-refractivity contribution in [2.75, 3.05) is 30.9 Å². The summed E-state index contributed by atoms with van der Waals surface area (Å²) < 4.78 is 0. The van der Waals surface area contributed by atoms with E-state index in [0.717, 1.165) is 17.3 Å². The Morgan fingerprint density at radius 1 is 0.684 bits per heavy atom. The number of carbonyl (C=O) groups is 1. The fraction of sp³-hybridized carbons (Fsp3) is 0.406. The van der Waals surface area contributed by atoms with Crippen molar-refractivity contribution in [3.8, 4) is 0 Å². The maximum atomic E-state index is 10.6. The summed E-state index contributed by atoms with van der Waals surface area (Å²) in [4.78, 5) is 17.2. The van der Waals surface area contributed by atoms with Crippen molar-refractivity contribution >= 4 is 28.9 Å². The van der Waals surface area contributed by atoms with Crippen LogP contribution < -0.4 is 9.80 Å². The predicted molar refractivity (Wildman–Crippen MR) is 165 cm³/mol. The van der Waals surface area contributed by atoms with Crippen LogP contribution in [0.5, 0.6) is 0 Å². The van der Waals surface area contributed by atoms with Crippen LogP contribution in [-0.4, -0.2) is 55.2 Å². The van der Waals surface area contributed by atoms with E-state index in [1.165, 1.54) is 11.3 Å². The summed E-state index contributed by atoms with van der Waals surface area (Å²) in [5.41, 5.74) is 3.94. The Hall–Kier alpha value is -3.02. The van der Waals surface area contributed by atoms with Gasteiger partial charge in [-0.1, -0.05) is 41.9 Å². The van der Waals surface area contributed by atoms with Gasteiger partial charge in [-0.05, 0) is 103 Å². The molecular weight excluding hydrogens is 494 g/mol. The highest BCUT2D eigenvalue weighted by atomic mass is 35.5. The quantitative estimate of drug-likeness (QED) is 0.315. The second kappa shape index (κ2) is 16.7. The molecule has 208 valence electrons. The van der Waals surface area contributed by atoms with Crippen LogP contribution in [0, 0.1) is 0 Å². The zero-order valence-corrected chi connectivity index (χ0v) is 25.3. The lowest BCUT2D eigenvalue weighted by Gasteiger charge is -2.23. The largest absolute Gasteiger partial charge is 0.478 e. The minimum absolute atomic E-state index is 0.325. The van der Waals surface area contributed by atoms with Gasteiger partial charge in [-0.2, -0.15) is 0 Å². The van der Waals surface area contributed by atoms with Crippen molar-refractivity contribution in [3.05, 3.63) is 95.0 Å². The van der Waals surface area contributed by atoms with Gasteiger partial charge < -0.3 is 14.9 Å². The number of halogens is 1. The first-order valence-electron chi connectivity index (χ1n) is 13.1. The van der Waals surface area contributed by atoms with Gasteiger partial charge in [-0.3, -0.25) is 4.90 Å². The van der Waals surface area contributed by atoms with Crippen molar-refractivity contribution in [2.45, 2.75) is 66.2 Å². The number of anilines is 2. The molecule has 0 fully saturated rings. The van der Waals surface area contributed by atoms with Crippen molar-refractivity contribution in [3.63, 3.8) is 0 Å². The van der Waals surface area contributed by atoms with Gasteiger partial charge in [-0.15, -0.1) is 0 Å². The Kier molecular flexibility index (Phi) is 14.5. The molecule has 0 aliphatic carbocycles. The van der Waals surface area contributed by atoms with Gasteiger partial charge in [-0.25, -0.2) is 4.79 Å². The maximum Gasteiger partial charge on any atom is 0.335 e. The number of rotatable bonds is 8. The van der Waals surface area contributed by atoms with E-state index in [4.69, 9.17) is 16.7 Å². The van der Waals surface area contributed by atoms with Crippen LogP contribution in [0.15, 0.2) is 78.9 Å². The molecule has 1 N–H and O–H groups in total. The molecule has 0 aliphatic heterocycles. The SMILES string of the molecule is CC(C)N(C)Cc1ccccc1.CC(C)N(C)c1ccc(C(=O)O)cc1.CC(C)N(C)c1ccc(Cl)cc1. The third-order valence-corrected chi connectivity index (χ3v) is 6.71. The summed E-state index contributed by atoms with van der Waals surface area (Å²) in [5.74, 6) is -0.885. The van der Waals surface area contributed by atoms with E-state index in [1.807, 2.05) is 43.4 Å². The molecule has 0 atom stereocenters. The fourth-order valence-corrected chi connectivity index (χ4v) is 3.29. The molecule has 0 bridgehead atoms. The van der Waals surface area contributed by atoms with Crippen molar-refractivity contribution in [2.24, 2.45) is 0 Å². The molecule has 0 aliphatic rings. The van der Waals surface area contributed by atoms with Gasteiger partial charge >= 0.3 is 5.97 Å². The molecule has 3 aromatic carbocycles. The van der Waals surface area contributed by atoms with Gasteiger partial charge in [0.05, 0.1) is 5.56 Å². The summed E-state index contributed by atoms with van der Waals surface area (Å²) >= 11 is 5.78. The zero-order valence-electron chi connectivity index (χ0n) is 24.5. The Morgan fingerprint density at radius 2 is 1.11 bits per heavy atom. The minimum atomic E-state index is -0.885. The molecule has 0 heterocycles. The van der Waals surface area contributed by atoms with Gasteiger partial charge in [0, 0.05) is 55.2 Å². The van der Waals surface area contributed by atoms with E-state index in [-0.39, 0.29) is 0 Å². The molecule has 3 rings (SSSR count). The third-order valence-electron chi connectivity index (χ3n) is 6.46. The minimum Gasteiger partial charge on any atom is -0.478 e. The molecule has 0 saturated carbocycles. The Bertz CT molecular complexity index is 1050. The van der Waals surface area contributed by atoms with Gasteiger partial charge in [0.25, 0.3) is 0 Å². The lowest BCUT2D eigenvalue weighted by molar-refractivity contribution is 0.0697. The van der Waals surface area contributed by atoms with E-state index in [1.54, 1.807) is 12.1 Å². The highest BCUT2D eigenvalue weighted by molar-refractivity contribution is 6.30. The summed E-state index contributed by atoms with van der Waals surface area (Å²) in [5, 5.41) is 9.50. The molecule has 5 nitrogen and oxygen atoms in total. The average Bonchev–Trinajstić information content (AvgIpc) is 2.89. The highest BCUT2D eigenvalue weighted by Crippen LogP contribution is 2.18. The lowest BCUT2D eigenvalue weighted by Crippen LogP contribution is -2.25. The van der Waals surface area contributed by atoms with E-state index in [2.05, 4.69) is 101 Å². The zero-order chi connectivity index (χ0) is 28.8. The summed E-state index contributed by atoms with van der Waals surface area (Å²) in [6.45, 7) is 14.0. The first-order valence-corrected chi connectivity index (χ1v) is 13.5. The van der Waals surface area contributed by atoms with Crippen LogP contribution in [0.25, 0.3) is 0 Å². The van der Waals surface area contributed by atoms with Crippen LogP contribution in [0.4, 0.5) is 11.4 Å². The van der Waals surface area contributed by atoms with Crippen LogP contribution in [0.2, 0.25) is 5.02 Å². The van der Waals surface area contributed by atoms with Crippen LogP contribution in [0.3, 0.4) is 0 Å². The predicted octanol–water partition coefficient (Wildman–Crippen LogP) is 7.94.